The first-order valence-electron chi connectivity index (χ1n) is 9.08. The summed E-state index contributed by atoms with van der Waals surface area (Å²) in [5.41, 5.74) is 2.47. The van der Waals surface area contributed by atoms with E-state index in [0.29, 0.717) is 28.1 Å². The van der Waals surface area contributed by atoms with Crippen LogP contribution in [0.1, 0.15) is 39.7 Å². The molecule has 3 rings (SSSR count). The van der Waals surface area contributed by atoms with E-state index >= 15 is 0 Å². The van der Waals surface area contributed by atoms with Crippen molar-refractivity contribution in [3.63, 3.8) is 0 Å². The number of methoxy groups -OCH3 is 1. The standard InChI is InChI=1S/C19H23N3O4S3/c1-11-3-8-14-15(9-11)28-17(16(14)18(23)26-2)22-19(27)21-10-12-4-6-13(7-5-12)29(20,24)25/h4-7,11H,3,8-10H2,1-2H3,(H2,20,24,25)(H2,21,22,27). The molecule has 2 aromatic rings. The van der Waals surface area contributed by atoms with Crippen molar-refractivity contribution in [3.8, 4) is 0 Å². The topological polar surface area (TPSA) is 111 Å². The lowest BCUT2D eigenvalue weighted by atomic mass is 9.88. The second-order valence-corrected chi connectivity index (χ2v) is 10.1. The third-order valence-electron chi connectivity index (χ3n) is 4.83. The summed E-state index contributed by atoms with van der Waals surface area (Å²) in [7, 11) is -2.34. The van der Waals surface area contributed by atoms with Crippen LogP contribution in [0.15, 0.2) is 29.2 Å². The van der Waals surface area contributed by atoms with Crippen molar-refractivity contribution < 1.29 is 17.9 Å². The number of thiocarbonyl (C=S) groups is 1. The van der Waals surface area contributed by atoms with E-state index < -0.39 is 10.0 Å². The monoisotopic (exact) mass is 453 g/mol. The van der Waals surface area contributed by atoms with Crippen LogP contribution in [0.5, 0.6) is 0 Å². The fraction of sp³-hybridized carbons (Fsp3) is 0.368. The highest BCUT2D eigenvalue weighted by atomic mass is 32.2. The maximum Gasteiger partial charge on any atom is 0.341 e. The normalized spacial score (nSPS) is 16.0. The van der Waals surface area contributed by atoms with Crippen LogP contribution in [-0.2, 0) is 34.1 Å². The Morgan fingerprint density at radius 2 is 2.03 bits per heavy atom. The first kappa shape index (κ1) is 21.7. The molecule has 1 aliphatic carbocycles. The minimum Gasteiger partial charge on any atom is -0.465 e. The van der Waals surface area contributed by atoms with Gasteiger partial charge in [-0.3, -0.25) is 0 Å². The summed E-state index contributed by atoms with van der Waals surface area (Å²) in [6, 6.07) is 6.24. The van der Waals surface area contributed by atoms with Gasteiger partial charge >= 0.3 is 5.97 Å². The average molecular weight is 454 g/mol. The quantitative estimate of drug-likeness (QED) is 0.472. The number of carbonyl (C=O) groups excluding carboxylic acids is 1. The number of sulfonamides is 1. The summed E-state index contributed by atoms with van der Waals surface area (Å²) in [6.45, 7) is 2.60. The number of nitrogens with one attached hydrogen (secondary N) is 2. The Balaban J connectivity index is 1.70. The van der Waals surface area contributed by atoms with E-state index in [2.05, 4.69) is 17.6 Å². The van der Waals surface area contributed by atoms with Gasteiger partial charge in [-0.15, -0.1) is 11.3 Å². The summed E-state index contributed by atoms with van der Waals surface area (Å²) < 4.78 is 27.6. The maximum atomic E-state index is 12.3. The van der Waals surface area contributed by atoms with Gasteiger partial charge in [-0.2, -0.15) is 0 Å². The number of fused-ring (bicyclic) bond motifs is 1. The van der Waals surface area contributed by atoms with Crippen LogP contribution in [0.25, 0.3) is 0 Å². The molecule has 4 N–H and O–H groups in total. The van der Waals surface area contributed by atoms with Crippen LogP contribution in [0.2, 0.25) is 0 Å². The van der Waals surface area contributed by atoms with Crippen molar-refractivity contribution in [1.29, 1.82) is 0 Å². The number of rotatable bonds is 5. The molecule has 0 bridgehead atoms. The number of thiophene rings is 1. The molecule has 0 saturated carbocycles. The SMILES string of the molecule is COC(=O)c1c(NC(=S)NCc2ccc(S(N)(=O)=O)cc2)sc2c1CCC(C)C2. The number of esters is 1. The Bertz CT molecular complexity index is 1030. The Labute approximate surface area is 179 Å². The van der Waals surface area contributed by atoms with Crippen molar-refractivity contribution >= 4 is 49.7 Å². The molecule has 156 valence electrons. The van der Waals surface area contributed by atoms with E-state index in [4.69, 9.17) is 22.1 Å². The molecule has 0 saturated heterocycles. The number of carbonyl (C=O) groups is 1. The summed E-state index contributed by atoms with van der Waals surface area (Å²) in [5, 5.41) is 12.4. The lowest BCUT2D eigenvalue weighted by molar-refractivity contribution is 0.0601. The predicted molar refractivity (Wildman–Crippen MR) is 118 cm³/mol. The molecule has 1 aromatic heterocycles. The van der Waals surface area contributed by atoms with Crippen LogP contribution in [0, 0.1) is 5.92 Å². The zero-order chi connectivity index (χ0) is 21.2. The van der Waals surface area contributed by atoms with Crippen LogP contribution in [0.4, 0.5) is 5.00 Å². The van der Waals surface area contributed by atoms with Gasteiger partial charge in [0.1, 0.15) is 5.00 Å². The number of ether oxygens (including phenoxy) is 1. The van der Waals surface area contributed by atoms with E-state index in [1.807, 2.05) is 0 Å². The molecule has 0 radical (unpaired) electrons. The molecule has 1 aliphatic rings. The summed E-state index contributed by atoms with van der Waals surface area (Å²) in [5.74, 6) is 0.228. The van der Waals surface area contributed by atoms with Gasteiger partial charge in [0.25, 0.3) is 0 Å². The molecular formula is C19H23N3O4S3. The van der Waals surface area contributed by atoms with Crippen LogP contribution in [-0.4, -0.2) is 26.6 Å². The van der Waals surface area contributed by atoms with Gasteiger partial charge in [-0.05, 0) is 60.7 Å². The van der Waals surface area contributed by atoms with Gasteiger partial charge in [0.2, 0.25) is 10.0 Å². The first-order valence-corrected chi connectivity index (χ1v) is 11.9. The van der Waals surface area contributed by atoms with Gasteiger partial charge in [0, 0.05) is 11.4 Å². The van der Waals surface area contributed by atoms with E-state index in [1.54, 1.807) is 23.5 Å². The number of primary sulfonamides is 1. The zero-order valence-corrected chi connectivity index (χ0v) is 18.6. The smallest absolute Gasteiger partial charge is 0.341 e. The molecule has 10 heteroatoms. The molecule has 0 aliphatic heterocycles. The van der Waals surface area contributed by atoms with Crippen molar-refractivity contribution in [2.24, 2.45) is 11.1 Å². The maximum absolute atomic E-state index is 12.3. The molecule has 29 heavy (non-hydrogen) atoms. The molecule has 7 nitrogen and oxygen atoms in total. The van der Waals surface area contributed by atoms with Crippen LogP contribution < -0.4 is 15.8 Å². The van der Waals surface area contributed by atoms with Crippen molar-refractivity contribution in [1.82, 2.24) is 5.32 Å². The van der Waals surface area contributed by atoms with Crippen LogP contribution >= 0.6 is 23.6 Å². The average Bonchev–Trinajstić information content (AvgIpc) is 3.02. The molecule has 0 spiro atoms. The second-order valence-electron chi connectivity index (χ2n) is 7.04. The van der Waals surface area contributed by atoms with Gasteiger partial charge in [0.15, 0.2) is 5.11 Å². The van der Waals surface area contributed by atoms with E-state index in [1.165, 1.54) is 24.1 Å². The molecule has 1 atom stereocenters. The number of benzene rings is 1. The van der Waals surface area contributed by atoms with Gasteiger partial charge in [0.05, 0.1) is 17.6 Å². The highest BCUT2D eigenvalue weighted by Crippen LogP contribution is 2.40. The van der Waals surface area contributed by atoms with E-state index in [9.17, 15) is 13.2 Å². The van der Waals surface area contributed by atoms with Gasteiger partial charge < -0.3 is 15.4 Å². The molecular weight excluding hydrogens is 430 g/mol. The minimum atomic E-state index is -3.71. The van der Waals surface area contributed by atoms with Gasteiger partial charge in [-0.25, -0.2) is 18.4 Å². The minimum absolute atomic E-state index is 0.0584. The predicted octanol–water partition coefficient (Wildman–Crippen LogP) is 2.79. The lowest BCUT2D eigenvalue weighted by Crippen LogP contribution is -2.28. The van der Waals surface area contributed by atoms with E-state index in [0.717, 1.165) is 30.4 Å². The molecule has 1 unspecified atom stereocenters. The number of nitrogens with two attached hydrogens (primary N) is 1. The zero-order valence-electron chi connectivity index (χ0n) is 16.2. The Morgan fingerprint density at radius 3 is 2.66 bits per heavy atom. The van der Waals surface area contributed by atoms with E-state index in [-0.39, 0.29) is 10.9 Å². The Morgan fingerprint density at radius 1 is 1.34 bits per heavy atom. The highest BCUT2D eigenvalue weighted by molar-refractivity contribution is 7.89. The third-order valence-corrected chi connectivity index (χ3v) is 7.18. The van der Waals surface area contributed by atoms with Crippen LogP contribution in [0.3, 0.4) is 0 Å². The Kier molecular flexibility index (Phi) is 6.57. The number of hydrogen-bond acceptors (Lipinski definition) is 6. The van der Waals surface area contributed by atoms with Crippen molar-refractivity contribution in [3.05, 3.63) is 45.8 Å². The number of hydrogen-bond donors (Lipinski definition) is 3. The fourth-order valence-corrected chi connectivity index (χ4v) is 5.44. The second kappa shape index (κ2) is 8.78. The summed E-state index contributed by atoms with van der Waals surface area (Å²) >= 11 is 6.93. The lowest BCUT2D eigenvalue weighted by Gasteiger charge is -2.18. The molecule has 0 fully saturated rings. The first-order chi connectivity index (χ1) is 13.7. The third kappa shape index (κ3) is 5.13. The van der Waals surface area contributed by atoms with Gasteiger partial charge in [-0.1, -0.05) is 19.1 Å². The molecule has 0 amide bonds. The Hall–Kier alpha value is -2.01. The highest BCUT2D eigenvalue weighted by Gasteiger charge is 2.28. The fourth-order valence-electron chi connectivity index (χ4n) is 3.28. The summed E-state index contributed by atoms with van der Waals surface area (Å²) in [6.07, 6.45) is 2.85. The largest absolute Gasteiger partial charge is 0.465 e. The summed E-state index contributed by atoms with van der Waals surface area (Å²) in [4.78, 5) is 13.6. The molecule has 1 aromatic carbocycles. The molecule has 1 heterocycles. The van der Waals surface area contributed by atoms with Crippen molar-refractivity contribution in [2.45, 2.75) is 37.6 Å². The van der Waals surface area contributed by atoms with Crippen molar-refractivity contribution in [2.75, 3.05) is 12.4 Å². The number of anilines is 1.